The van der Waals surface area contributed by atoms with E-state index in [4.69, 9.17) is 5.11 Å². The van der Waals surface area contributed by atoms with Gasteiger partial charge in [0.15, 0.2) is 0 Å². The van der Waals surface area contributed by atoms with Gasteiger partial charge in [0.1, 0.15) is 0 Å². The van der Waals surface area contributed by atoms with E-state index in [-0.39, 0.29) is 18.1 Å². The first kappa shape index (κ1) is 10.9. The molecule has 11 heavy (non-hydrogen) atoms. The highest BCUT2D eigenvalue weighted by molar-refractivity contribution is 4.78. The van der Waals surface area contributed by atoms with Crippen LogP contribution < -0.4 is 5.32 Å². The summed E-state index contributed by atoms with van der Waals surface area (Å²) in [4.78, 5) is 0. The molecule has 0 aliphatic carbocycles. The van der Waals surface area contributed by atoms with Gasteiger partial charge in [0.25, 0.3) is 0 Å². The van der Waals surface area contributed by atoms with Crippen LogP contribution in [0.1, 0.15) is 34.6 Å². The Morgan fingerprint density at radius 2 is 1.73 bits per heavy atom. The summed E-state index contributed by atoms with van der Waals surface area (Å²) in [5, 5.41) is 12.1. The summed E-state index contributed by atoms with van der Waals surface area (Å²) >= 11 is 0. The van der Waals surface area contributed by atoms with Crippen molar-refractivity contribution in [2.45, 2.75) is 46.7 Å². The Kier molecular flexibility index (Phi) is 4.04. The van der Waals surface area contributed by atoms with E-state index in [1.54, 1.807) is 0 Å². The fourth-order valence-corrected chi connectivity index (χ4v) is 0.729. The molecule has 2 unspecified atom stereocenters. The molecule has 68 valence electrons. The van der Waals surface area contributed by atoms with Crippen molar-refractivity contribution in [3.05, 3.63) is 0 Å². The molecule has 0 radical (unpaired) electrons. The maximum atomic E-state index is 8.79. The SMILES string of the molecule is CC(CO)NC(C)C(C)(C)C. The Morgan fingerprint density at radius 3 is 2.00 bits per heavy atom. The van der Waals surface area contributed by atoms with Crippen molar-refractivity contribution >= 4 is 0 Å². The number of aliphatic hydroxyl groups excluding tert-OH is 1. The summed E-state index contributed by atoms with van der Waals surface area (Å²) in [5.41, 5.74) is 0.267. The van der Waals surface area contributed by atoms with Crippen LogP contribution in [0, 0.1) is 5.41 Å². The summed E-state index contributed by atoms with van der Waals surface area (Å²) in [5.74, 6) is 0. The molecule has 0 spiro atoms. The molecule has 2 nitrogen and oxygen atoms in total. The van der Waals surface area contributed by atoms with Crippen molar-refractivity contribution in [3.63, 3.8) is 0 Å². The standard InChI is InChI=1S/C9H21NO/c1-7(6-11)10-8(2)9(3,4)5/h7-8,10-11H,6H2,1-5H3. The van der Waals surface area contributed by atoms with Gasteiger partial charge in [-0.25, -0.2) is 0 Å². The van der Waals surface area contributed by atoms with Crippen LogP contribution in [0.15, 0.2) is 0 Å². The minimum Gasteiger partial charge on any atom is -0.395 e. The lowest BCUT2D eigenvalue weighted by Gasteiger charge is -2.30. The highest BCUT2D eigenvalue weighted by Gasteiger charge is 2.20. The number of hydrogen-bond acceptors (Lipinski definition) is 2. The molecule has 0 rings (SSSR count). The Labute approximate surface area is 70.0 Å². The first-order valence-corrected chi connectivity index (χ1v) is 4.25. The van der Waals surface area contributed by atoms with Gasteiger partial charge in [0.05, 0.1) is 6.61 Å². The molecule has 0 heterocycles. The van der Waals surface area contributed by atoms with E-state index in [1.165, 1.54) is 0 Å². The van der Waals surface area contributed by atoms with Crippen molar-refractivity contribution in [2.75, 3.05) is 6.61 Å². The number of nitrogens with one attached hydrogen (secondary N) is 1. The Hall–Kier alpha value is -0.0800. The predicted molar refractivity (Wildman–Crippen MR) is 48.6 cm³/mol. The number of rotatable bonds is 3. The smallest absolute Gasteiger partial charge is 0.0582 e. The van der Waals surface area contributed by atoms with Gasteiger partial charge in [-0.2, -0.15) is 0 Å². The molecule has 2 atom stereocenters. The zero-order valence-corrected chi connectivity index (χ0v) is 8.31. The molecule has 0 saturated heterocycles. The molecule has 0 aliphatic rings. The van der Waals surface area contributed by atoms with E-state index < -0.39 is 0 Å². The van der Waals surface area contributed by atoms with E-state index in [1.807, 2.05) is 6.92 Å². The minimum absolute atomic E-state index is 0.198. The summed E-state index contributed by atoms with van der Waals surface area (Å²) in [7, 11) is 0. The summed E-state index contributed by atoms with van der Waals surface area (Å²) in [6.07, 6.45) is 0. The van der Waals surface area contributed by atoms with E-state index in [0.29, 0.717) is 6.04 Å². The second kappa shape index (κ2) is 4.07. The Bertz CT molecular complexity index is 107. The second-order valence-electron chi connectivity index (χ2n) is 4.34. The lowest BCUT2D eigenvalue weighted by atomic mass is 9.88. The fourth-order valence-electron chi connectivity index (χ4n) is 0.729. The van der Waals surface area contributed by atoms with Gasteiger partial charge >= 0.3 is 0 Å². The molecule has 0 aromatic rings. The van der Waals surface area contributed by atoms with Crippen molar-refractivity contribution < 1.29 is 5.11 Å². The predicted octanol–water partition coefficient (Wildman–Crippen LogP) is 1.39. The minimum atomic E-state index is 0.198. The largest absolute Gasteiger partial charge is 0.395 e. The average Bonchev–Trinajstić information content (AvgIpc) is 1.85. The fraction of sp³-hybridized carbons (Fsp3) is 1.00. The van der Waals surface area contributed by atoms with Crippen LogP contribution in [-0.4, -0.2) is 23.8 Å². The van der Waals surface area contributed by atoms with Crippen molar-refractivity contribution in [2.24, 2.45) is 5.41 Å². The van der Waals surface area contributed by atoms with E-state index in [9.17, 15) is 0 Å². The summed E-state index contributed by atoms with van der Waals surface area (Å²) < 4.78 is 0. The van der Waals surface area contributed by atoms with Gasteiger partial charge in [0.2, 0.25) is 0 Å². The average molecular weight is 159 g/mol. The van der Waals surface area contributed by atoms with Gasteiger partial charge < -0.3 is 10.4 Å². The van der Waals surface area contributed by atoms with E-state index in [2.05, 4.69) is 33.0 Å². The first-order chi connectivity index (χ1) is 4.88. The third-order valence-corrected chi connectivity index (χ3v) is 2.11. The number of hydrogen-bond donors (Lipinski definition) is 2. The zero-order valence-electron chi connectivity index (χ0n) is 8.31. The third kappa shape index (κ3) is 4.38. The van der Waals surface area contributed by atoms with Gasteiger partial charge in [-0.05, 0) is 19.3 Å². The monoisotopic (exact) mass is 159 g/mol. The molecular weight excluding hydrogens is 138 g/mol. The van der Waals surface area contributed by atoms with Crippen LogP contribution >= 0.6 is 0 Å². The van der Waals surface area contributed by atoms with Crippen LogP contribution in [0.5, 0.6) is 0 Å². The number of aliphatic hydroxyl groups is 1. The molecule has 2 N–H and O–H groups in total. The van der Waals surface area contributed by atoms with Gasteiger partial charge in [-0.3, -0.25) is 0 Å². The normalized spacial score (nSPS) is 18.0. The molecular formula is C9H21NO. The van der Waals surface area contributed by atoms with Crippen LogP contribution in [0.3, 0.4) is 0 Å². The van der Waals surface area contributed by atoms with Crippen molar-refractivity contribution in [1.82, 2.24) is 5.32 Å². The first-order valence-electron chi connectivity index (χ1n) is 4.25. The van der Waals surface area contributed by atoms with Crippen LogP contribution in [-0.2, 0) is 0 Å². The molecule has 0 aliphatic heterocycles. The maximum Gasteiger partial charge on any atom is 0.0582 e. The van der Waals surface area contributed by atoms with E-state index in [0.717, 1.165) is 0 Å². The Morgan fingerprint density at radius 1 is 1.27 bits per heavy atom. The lowest BCUT2D eigenvalue weighted by Crippen LogP contribution is -2.44. The maximum absolute atomic E-state index is 8.79. The molecule has 0 saturated carbocycles. The molecule has 0 aromatic heterocycles. The lowest BCUT2D eigenvalue weighted by molar-refractivity contribution is 0.205. The zero-order chi connectivity index (χ0) is 9.07. The molecule has 0 bridgehead atoms. The van der Waals surface area contributed by atoms with Crippen LogP contribution in [0.4, 0.5) is 0 Å². The quantitative estimate of drug-likeness (QED) is 0.652. The van der Waals surface area contributed by atoms with Gasteiger partial charge in [-0.15, -0.1) is 0 Å². The van der Waals surface area contributed by atoms with Crippen LogP contribution in [0.25, 0.3) is 0 Å². The molecule has 0 fully saturated rings. The van der Waals surface area contributed by atoms with E-state index >= 15 is 0 Å². The molecule has 2 heteroatoms. The molecule has 0 aromatic carbocycles. The van der Waals surface area contributed by atoms with Gasteiger partial charge in [0, 0.05) is 12.1 Å². The Balaban J connectivity index is 3.77. The molecule has 0 amide bonds. The summed E-state index contributed by atoms with van der Waals surface area (Å²) in [6, 6.07) is 0.633. The van der Waals surface area contributed by atoms with Crippen LogP contribution in [0.2, 0.25) is 0 Å². The van der Waals surface area contributed by atoms with Gasteiger partial charge in [-0.1, -0.05) is 20.8 Å². The third-order valence-electron chi connectivity index (χ3n) is 2.11. The summed E-state index contributed by atoms with van der Waals surface area (Å²) in [6.45, 7) is 10.9. The topological polar surface area (TPSA) is 32.3 Å². The highest BCUT2D eigenvalue weighted by atomic mass is 16.3. The van der Waals surface area contributed by atoms with Crippen molar-refractivity contribution in [1.29, 1.82) is 0 Å². The second-order valence-corrected chi connectivity index (χ2v) is 4.34. The highest BCUT2D eigenvalue weighted by Crippen LogP contribution is 2.18. The van der Waals surface area contributed by atoms with Crippen molar-refractivity contribution in [3.8, 4) is 0 Å².